The number of amides is 1. The molecule has 1 amide bonds. The molecule has 0 heterocycles. The Hall–Kier alpha value is -1.89. The number of rotatable bonds is 8. The highest BCUT2D eigenvalue weighted by Crippen LogP contribution is 2.17. The number of hydrogen-bond acceptors (Lipinski definition) is 4. The van der Waals surface area contributed by atoms with Gasteiger partial charge in [0, 0.05) is 17.3 Å². The number of carbonyl (C=O) groups excluding carboxylic acids is 2. The molecule has 1 aromatic rings. The van der Waals surface area contributed by atoms with Crippen LogP contribution in [0.5, 0.6) is 0 Å². The van der Waals surface area contributed by atoms with Crippen molar-refractivity contribution in [1.29, 1.82) is 0 Å². The van der Waals surface area contributed by atoms with Crippen molar-refractivity contribution in [2.75, 3.05) is 6.61 Å². The van der Waals surface area contributed by atoms with Gasteiger partial charge < -0.3 is 15.2 Å². The van der Waals surface area contributed by atoms with Crippen LogP contribution in [-0.4, -0.2) is 35.6 Å². The summed E-state index contributed by atoms with van der Waals surface area (Å²) in [4.78, 5) is 34.2. The summed E-state index contributed by atoms with van der Waals surface area (Å²) in [5, 5.41) is 11.6. The fourth-order valence-corrected chi connectivity index (χ4v) is 2.25. The Balaban J connectivity index is 2.58. The molecule has 1 rings (SSSR count). The highest BCUT2D eigenvalue weighted by atomic mass is 79.9. The smallest absolute Gasteiger partial charge is 0.326 e. The molecular weight excluding hydrogens is 354 g/mol. The number of carbonyl (C=O) groups is 3. The first-order valence-electron chi connectivity index (χ1n) is 6.85. The minimum absolute atomic E-state index is 0.0684. The van der Waals surface area contributed by atoms with E-state index >= 15 is 0 Å². The molecule has 0 aromatic heterocycles. The molecule has 1 aromatic carbocycles. The molecule has 6 nitrogen and oxygen atoms in total. The number of hydrogen-bond donors (Lipinski definition) is 2. The van der Waals surface area contributed by atoms with Gasteiger partial charge >= 0.3 is 11.9 Å². The third-order valence-electron chi connectivity index (χ3n) is 2.88. The van der Waals surface area contributed by atoms with Crippen LogP contribution in [0.4, 0.5) is 0 Å². The van der Waals surface area contributed by atoms with Gasteiger partial charge in [-0.3, -0.25) is 9.59 Å². The lowest BCUT2D eigenvalue weighted by Gasteiger charge is -2.15. The largest absolute Gasteiger partial charge is 0.480 e. The number of benzene rings is 1. The predicted molar refractivity (Wildman–Crippen MR) is 83.3 cm³/mol. The lowest BCUT2D eigenvalue weighted by molar-refractivity contribution is -0.144. The van der Waals surface area contributed by atoms with Gasteiger partial charge in [-0.05, 0) is 18.6 Å². The third kappa shape index (κ3) is 6.26. The fourth-order valence-electron chi connectivity index (χ4n) is 1.80. The highest BCUT2D eigenvalue weighted by Gasteiger charge is 2.21. The zero-order valence-corrected chi connectivity index (χ0v) is 13.8. The molecule has 0 aliphatic rings. The normalized spacial score (nSPS) is 11.5. The fraction of sp³-hybridized carbons (Fsp3) is 0.400. The van der Waals surface area contributed by atoms with Gasteiger partial charge in [0.1, 0.15) is 6.04 Å². The van der Waals surface area contributed by atoms with E-state index in [-0.39, 0.29) is 25.9 Å². The second-order valence-corrected chi connectivity index (χ2v) is 5.41. The highest BCUT2D eigenvalue weighted by molar-refractivity contribution is 9.10. The molecule has 0 fully saturated rings. The van der Waals surface area contributed by atoms with E-state index in [0.717, 1.165) is 10.0 Å². The van der Waals surface area contributed by atoms with Crippen LogP contribution in [0.1, 0.15) is 25.3 Å². The summed E-state index contributed by atoms with van der Waals surface area (Å²) in [6.07, 6.45) is -0.0124. The van der Waals surface area contributed by atoms with Crippen LogP contribution in [0.3, 0.4) is 0 Å². The second kappa shape index (κ2) is 9.19. The van der Waals surface area contributed by atoms with Crippen molar-refractivity contribution in [2.45, 2.75) is 32.2 Å². The Labute approximate surface area is 137 Å². The summed E-state index contributed by atoms with van der Waals surface area (Å²) in [7, 11) is 0. The van der Waals surface area contributed by atoms with E-state index in [4.69, 9.17) is 4.74 Å². The quantitative estimate of drug-likeness (QED) is 0.680. The Kier molecular flexibility index (Phi) is 7.59. The van der Waals surface area contributed by atoms with Crippen molar-refractivity contribution in [3.05, 3.63) is 34.3 Å². The number of esters is 1. The molecule has 22 heavy (non-hydrogen) atoms. The molecule has 0 bridgehead atoms. The molecule has 0 saturated carbocycles. The van der Waals surface area contributed by atoms with Crippen molar-refractivity contribution < 1.29 is 24.2 Å². The van der Waals surface area contributed by atoms with Crippen LogP contribution >= 0.6 is 15.9 Å². The second-order valence-electron chi connectivity index (χ2n) is 4.56. The molecular formula is C15H18BrNO5. The van der Waals surface area contributed by atoms with E-state index < -0.39 is 23.9 Å². The molecule has 0 aliphatic carbocycles. The van der Waals surface area contributed by atoms with E-state index in [9.17, 15) is 19.5 Å². The van der Waals surface area contributed by atoms with E-state index in [1.807, 2.05) is 6.07 Å². The minimum atomic E-state index is -1.12. The average Bonchev–Trinajstić information content (AvgIpc) is 2.47. The number of nitrogens with one attached hydrogen (secondary N) is 1. The maximum absolute atomic E-state index is 11.7. The third-order valence-corrected chi connectivity index (χ3v) is 3.65. The monoisotopic (exact) mass is 371 g/mol. The maximum atomic E-state index is 11.7. The van der Waals surface area contributed by atoms with Gasteiger partial charge in [0.25, 0.3) is 0 Å². The van der Waals surface area contributed by atoms with Crippen LogP contribution in [0, 0.1) is 0 Å². The summed E-state index contributed by atoms with van der Waals surface area (Å²) in [5.41, 5.74) is 0.778. The van der Waals surface area contributed by atoms with Gasteiger partial charge in [-0.1, -0.05) is 34.1 Å². The summed E-state index contributed by atoms with van der Waals surface area (Å²) < 4.78 is 5.49. The van der Waals surface area contributed by atoms with Gasteiger partial charge in [-0.15, -0.1) is 0 Å². The summed E-state index contributed by atoms with van der Waals surface area (Å²) in [5.74, 6) is -2.09. The van der Waals surface area contributed by atoms with Crippen molar-refractivity contribution in [3.63, 3.8) is 0 Å². The van der Waals surface area contributed by atoms with Crippen molar-refractivity contribution >= 4 is 33.8 Å². The predicted octanol–water partition coefficient (Wildman–Crippen LogP) is 1.90. The molecule has 0 aliphatic heterocycles. The topological polar surface area (TPSA) is 92.7 Å². The minimum Gasteiger partial charge on any atom is -0.480 e. The van der Waals surface area contributed by atoms with Crippen LogP contribution in [-0.2, 0) is 25.5 Å². The van der Waals surface area contributed by atoms with Crippen molar-refractivity contribution in [3.8, 4) is 0 Å². The zero-order chi connectivity index (χ0) is 16.5. The molecule has 7 heteroatoms. The maximum Gasteiger partial charge on any atom is 0.326 e. The van der Waals surface area contributed by atoms with Crippen LogP contribution in [0.25, 0.3) is 0 Å². The molecule has 120 valence electrons. The Bertz CT molecular complexity index is 546. The Morgan fingerprint density at radius 1 is 1.27 bits per heavy atom. The van der Waals surface area contributed by atoms with Crippen LogP contribution in [0.2, 0.25) is 0 Å². The van der Waals surface area contributed by atoms with Gasteiger partial charge in [0.05, 0.1) is 13.0 Å². The molecule has 0 saturated heterocycles. The Morgan fingerprint density at radius 3 is 2.55 bits per heavy atom. The SMILES string of the molecule is CCOC(=O)CCC(=O)N[C@@H](Cc1ccccc1Br)C(=O)O. The van der Waals surface area contributed by atoms with E-state index in [1.54, 1.807) is 25.1 Å². The number of halogens is 1. The lowest BCUT2D eigenvalue weighted by atomic mass is 10.1. The van der Waals surface area contributed by atoms with Gasteiger partial charge in [-0.2, -0.15) is 0 Å². The standard InChI is InChI=1S/C15H18BrNO5/c1-2-22-14(19)8-7-13(18)17-12(15(20)21)9-10-5-3-4-6-11(10)16/h3-6,12H,2,7-9H2,1H3,(H,17,18)(H,20,21)/t12-/m0/s1. The first-order chi connectivity index (χ1) is 10.4. The van der Waals surface area contributed by atoms with Gasteiger partial charge in [0.15, 0.2) is 0 Å². The summed E-state index contributed by atoms with van der Waals surface area (Å²) in [6, 6.07) is 6.15. The molecule has 0 spiro atoms. The number of aliphatic carboxylic acids is 1. The average molecular weight is 372 g/mol. The van der Waals surface area contributed by atoms with Gasteiger partial charge in [-0.25, -0.2) is 4.79 Å². The summed E-state index contributed by atoms with van der Waals surface area (Å²) >= 11 is 3.34. The number of ether oxygens (including phenoxy) is 1. The first kappa shape index (κ1) is 18.2. The molecule has 2 N–H and O–H groups in total. The van der Waals surface area contributed by atoms with Gasteiger partial charge in [0.2, 0.25) is 5.91 Å². The van der Waals surface area contributed by atoms with Crippen molar-refractivity contribution in [1.82, 2.24) is 5.32 Å². The molecule has 1 atom stereocenters. The van der Waals surface area contributed by atoms with E-state index in [0.29, 0.717) is 0 Å². The van der Waals surface area contributed by atoms with E-state index in [1.165, 1.54) is 0 Å². The lowest BCUT2D eigenvalue weighted by Crippen LogP contribution is -2.42. The number of carboxylic acids is 1. The van der Waals surface area contributed by atoms with Crippen molar-refractivity contribution in [2.24, 2.45) is 0 Å². The Morgan fingerprint density at radius 2 is 1.95 bits per heavy atom. The van der Waals surface area contributed by atoms with Crippen LogP contribution < -0.4 is 5.32 Å². The van der Waals surface area contributed by atoms with E-state index in [2.05, 4.69) is 21.2 Å². The zero-order valence-electron chi connectivity index (χ0n) is 12.2. The molecule has 0 radical (unpaired) electrons. The first-order valence-corrected chi connectivity index (χ1v) is 7.64. The molecule has 0 unspecified atom stereocenters. The summed E-state index contributed by atoms with van der Waals surface area (Å²) in [6.45, 7) is 1.93. The van der Waals surface area contributed by atoms with Crippen LogP contribution in [0.15, 0.2) is 28.7 Å². The number of carboxylic acid groups (broad SMARTS) is 1.